The predicted octanol–water partition coefficient (Wildman–Crippen LogP) is 2.54. The lowest BCUT2D eigenvalue weighted by Gasteiger charge is -2.21. The summed E-state index contributed by atoms with van der Waals surface area (Å²) in [6.07, 6.45) is 0.830. The highest BCUT2D eigenvalue weighted by atomic mass is 16.6. The Morgan fingerprint density at radius 3 is 2.65 bits per heavy atom. The number of fused-ring (bicyclic) bond motifs is 1. The van der Waals surface area contributed by atoms with Gasteiger partial charge in [0.1, 0.15) is 0 Å². The molecule has 0 aliphatic carbocycles. The molecule has 0 spiro atoms. The number of nitro groups is 1. The van der Waals surface area contributed by atoms with E-state index in [1.807, 2.05) is 30.3 Å². The molecule has 132 valence electrons. The minimum absolute atomic E-state index is 0.0307. The molecule has 0 bridgehead atoms. The summed E-state index contributed by atoms with van der Waals surface area (Å²) < 4.78 is 0. The number of carbonyl (C=O) groups is 2. The maximum atomic E-state index is 13.0. The fraction of sp³-hybridized carbons (Fsp3) is 0.263. The lowest BCUT2D eigenvalue weighted by Crippen LogP contribution is -2.36. The Kier molecular flexibility index (Phi) is 3.91. The van der Waals surface area contributed by atoms with Gasteiger partial charge in [0.25, 0.3) is 5.69 Å². The molecule has 7 nitrogen and oxygen atoms in total. The van der Waals surface area contributed by atoms with E-state index in [1.165, 1.54) is 12.1 Å². The van der Waals surface area contributed by atoms with Crippen molar-refractivity contribution in [2.24, 2.45) is 5.92 Å². The third-order valence-corrected chi connectivity index (χ3v) is 4.98. The van der Waals surface area contributed by atoms with Gasteiger partial charge in [0.05, 0.1) is 16.5 Å². The first-order chi connectivity index (χ1) is 12.5. The molecular formula is C19H17N3O4. The third-order valence-electron chi connectivity index (χ3n) is 4.98. The van der Waals surface area contributed by atoms with Crippen LogP contribution in [0, 0.1) is 16.0 Å². The summed E-state index contributed by atoms with van der Waals surface area (Å²) in [6, 6.07) is 13.9. The summed E-state index contributed by atoms with van der Waals surface area (Å²) in [5, 5.41) is 11.0. The molecule has 1 unspecified atom stereocenters. The van der Waals surface area contributed by atoms with Crippen LogP contribution in [-0.2, 0) is 16.0 Å². The van der Waals surface area contributed by atoms with Gasteiger partial charge in [0.15, 0.2) is 0 Å². The smallest absolute Gasteiger partial charge is 0.271 e. The largest absolute Gasteiger partial charge is 0.312 e. The summed E-state index contributed by atoms with van der Waals surface area (Å²) in [5.41, 5.74) is 2.27. The molecule has 0 saturated carbocycles. The van der Waals surface area contributed by atoms with Crippen molar-refractivity contribution in [2.75, 3.05) is 22.9 Å². The zero-order valence-electron chi connectivity index (χ0n) is 14.0. The average Bonchev–Trinajstić information content (AvgIpc) is 3.25. The Morgan fingerprint density at radius 2 is 1.92 bits per heavy atom. The topological polar surface area (TPSA) is 83.8 Å². The van der Waals surface area contributed by atoms with Gasteiger partial charge in [-0.1, -0.05) is 24.3 Å². The average molecular weight is 351 g/mol. The Bertz CT molecular complexity index is 897. The molecule has 7 heteroatoms. The maximum Gasteiger partial charge on any atom is 0.271 e. The molecule has 2 aliphatic heterocycles. The van der Waals surface area contributed by atoms with E-state index in [4.69, 9.17) is 0 Å². The van der Waals surface area contributed by atoms with E-state index < -0.39 is 10.8 Å². The molecule has 26 heavy (non-hydrogen) atoms. The molecular weight excluding hydrogens is 334 g/mol. The van der Waals surface area contributed by atoms with E-state index in [1.54, 1.807) is 15.9 Å². The number of anilines is 2. The highest BCUT2D eigenvalue weighted by Gasteiger charge is 2.39. The van der Waals surface area contributed by atoms with Crippen molar-refractivity contribution in [2.45, 2.75) is 12.8 Å². The Labute approximate surface area is 150 Å². The molecule has 1 saturated heterocycles. The molecule has 0 aromatic heterocycles. The van der Waals surface area contributed by atoms with Crippen LogP contribution in [0.3, 0.4) is 0 Å². The van der Waals surface area contributed by atoms with Gasteiger partial charge in [-0.15, -0.1) is 0 Å². The number of rotatable bonds is 3. The van der Waals surface area contributed by atoms with Gasteiger partial charge in [0, 0.05) is 37.3 Å². The standard InChI is InChI=1S/C19H17N3O4/c23-18-10-14(12-21(18)15-4-2-1-3-5-15)19(24)20-9-8-13-6-7-16(22(25)26)11-17(13)20/h1-7,11,14H,8-10,12H2. The lowest BCUT2D eigenvalue weighted by atomic mass is 10.1. The Morgan fingerprint density at radius 1 is 1.15 bits per heavy atom. The van der Waals surface area contributed by atoms with E-state index in [0.29, 0.717) is 25.2 Å². The number of carbonyl (C=O) groups excluding carboxylic acids is 2. The third kappa shape index (κ3) is 2.71. The Balaban J connectivity index is 1.56. The van der Waals surface area contributed by atoms with Crippen molar-refractivity contribution in [3.8, 4) is 0 Å². The van der Waals surface area contributed by atoms with Gasteiger partial charge < -0.3 is 9.80 Å². The van der Waals surface area contributed by atoms with E-state index in [0.717, 1.165) is 11.3 Å². The fourth-order valence-corrected chi connectivity index (χ4v) is 3.66. The van der Waals surface area contributed by atoms with Gasteiger partial charge in [0.2, 0.25) is 11.8 Å². The lowest BCUT2D eigenvalue weighted by molar-refractivity contribution is -0.384. The number of benzene rings is 2. The molecule has 2 aliphatic rings. The van der Waals surface area contributed by atoms with E-state index in [-0.39, 0.29) is 23.9 Å². The van der Waals surface area contributed by atoms with Gasteiger partial charge in [-0.2, -0.15) is 0 Å². The molecule has 2 heterocycles. The second-order valence-corrected chi connectivity index (χ2v) is 6.55. The quantitative estimate of drug-likeness (QED) is 0.628. The van der Waals surface area contributed by atoms with E-state index >= 15 is 0 Å². The highest BCUT2D eigenvalue weighted by Crippen LogP contribution is 2.34. The zero-order chi connectivity index (χ0) is 18.3. The summed E-state index contributed by atoms with van der Waals surface area (Å²) in [4.78, 5) is 39.1. The summed E-state index contributed by atoms with van der Waals surface area (Å²) >= 11 is 0. The molecule has 2 aromatic carbocycles. The number of non-ortho nitro benzene ring substituents is 1. The summed E-state index contributed by atoms with van der Waals surface area (Å²) in [7, 11) is 0. The van der Waals surface area contributed by atoms with Crippen molar-refractivity contribution in [3.05, 3.63) is 64.2 Å². The monoisotopic (exact) mass is 351 g/mol. The molecule has 0 N–H and O–H groups in total. The van der Waals surface area contributed by atoms with Crippen LogP contribution in [-0.4, -0.2) is 29.8 Å². The number of nitro benzene ring substituents is 1. The van der Waals surface area contributed by atoms with Crippen LogP contribution in [0.2, 0.25) is 0 Å². The van der Waals surface area contributed by atoms with Crippen molar-refractivity contribution < 1.29 is 14.5 Å². The molecule has 4 rings (SSSR count). The van der Waals surface area contributed by atoms with Crippen LogP contribution >= 0.6 is 0 Å². The number of para-hydroxylation sites is 1. The summed E-state index contributed by atoms with van der Waals surface area (Å²) in [5.74, 6) is -0.656. The van der Waals surface area contributed by atoms with Crippen LogP contribution in [0.4, 0.5) is 17.1 Å². The molecule has 1 fully saturated rings. The maximum absolute atomic E-state index is 13.0. The SMILES string of the molecule is O=C1CC(C(=O)N2CCc3ccc([N+](=O)[O-])cc32)CN1c1ccccc1. The van der Waals surface area contributed by atoms with Crippen molar-refractivity contribution in [1.29, 1.82) is 0 Å². The molecule has 2 amide bonds. The van der Waals surface area contributed by atoms with Gasteiger partial charge in [-0.3, -0.25) is 19.7 Å². The Hall–Kier alpha value is -3.22. The minimum atomic E-state index is -0.461. The number of nitrogens with zero attached hydrogens (tertiary/aromatic N) is 3. The van der Waals surface area contributed by atoms with Gasteiger partial charge in [-0.25, -0.2) is 0 Å². The first-order valence-corrected chi connectivity index (χ1v) is 8.48. The normalized spacial score (nSPS) is 18.9. The molecule has 0 radical (unpaired) electrons. The van der Waals surface area contributed by atoms with E-state index in [2.05, 4.69) is 0 Å². The minimum Gasteiger partial charge on any atom is -0.312 e. The second-order valence-electron chi connectivity index (χ2n) is 6.55. The highest BCUT2D eigenvalue weighted by molar-refractivity contribution is 6.05. The molecule has 1 atom stereocenters. The predicted molar refractivity (Wildman–Crippen MR) is 96.1 cm³/mol. The number of amides is 2. The van der Waals surface area contributed by atoms with Crippen LogP contribution in [0.5, 0.6) is 0 Å². The number of hydrogen-bond acceptors (Lipinski definition) is 4. The first kappa shape index (κ1) is 16.3. The second kappa shape index (κ2) is 6.25. The van der Waals surface area contributed by atoms with Crippen LogP contribution in [0.15, 0.2) is 48.5 Å². The fourth-order valence-electron chi connectivity index (χ4n) is 3.66. The van der Waals surface area contributed by atoms with Gasteiger partial charge >= 0.3 is 0 Å². The van der Waals surface area contributed by atoms with Crippen LogP contribution in [0.1, 0.15) is 12.0 Å². The zero-order valence-corrected chi connectivity index (χ0v) is 14.0. The summed E-state index contributed by atoms with van der Waals surface area (Å²) in [6.45, 7) is 0.827. The van der Waals surface area contributed by atoms with E-state index in [9.17, 15) is 19.7 Å². The van der Waals surface area contributed by atoms with Crippen molar-refractivity contribution in [3.63, 3.8) is 0 Å². The van der Waals surface area contributed by atoms with Gasteiger partial charge in [-0.05, 0) is 24.1 Å². The number of hydrogen-bond donors (Lipinski definition) is 0. The van der Waals surface area contributed by atoms with Crippen LogP contribution in [0.25, 0.3) is 0 Å². The van der Waals surface area contributed by atoms with Crippen molar-refractivity contribution >= 4 is 28.9 Å². The molecule has 2 aromatic rings. The van der Waals surface area contributed by atoms with Crippen LogP contribution < -0.4 is 9.80 Å². The first-order valence-electron chi connectivity index (χ1n) is 8.48. The van der Waals surface area contributed by atoms with Crippen molar-refractivity contribution in [1.82, 2.24) is 0 Å².